The molecule has 2 heterocycles. The second kappa shape index (κ2) is 9.80. The second-order valence-corrected chi connectivity index (χ2v) is 11.5. The molecule has 1 aromatic carbocycles. The predicted octanol–water partition coefficient (Wildman–Crippen LogP) is 5.76. The van der Waals surface area contributed by atoms with Gasteiger partial charge < -0.3 is 15.0 Å². The fourth-order valence-electron chi connectivity index (χ4n) is 6.29. The number of fused-ring (bicyclic) bond motifs is 1. The molecule has 200 valence electrons. The molecule has 3 atom stereocenters. The number of anilines is 2. The number of ether oxygens (including phenoxy) is 1. The summed E-state index contributed by atoms with van der Waals surface area (Å²) in [7, 11) is 0. The third-order valence-electron chi connectivity index (χ3n) is 8.58. The van der Waals surface area contributed by atoms with Gasteiger partial charge in [-0.3, -0.25) is 4.79 Å². The van der Waals surface area contributed by atoms with Gasteiger partial charge in [-0.25, -0.2) is 4.68 Å². The molecule has 2 aromatic rings. The predicted molar refractivity (Wildman–Crippen MR) is 136 cm³/mol. The third kappa shape index (κ3) is 5.21. The number of aromatic nitrogens is 2. The van der Waals surface area contributed by atoms with E-state index >= 15 is 0 Å². The molecular weight excluding hydrogens is 505 g/mol. The first kappa shape index (κ1) is 25.0. The van der Waals surface area contributed by atoms with Crippen molar-refractivity contribution >= 4 is 23.0 Å². The Labute approximate surface area is 219 Å². The molecule has 1 aromatic heterocycles. The smallest absolute Gasteiger partial charge is 0.382 e. The van der Waals surface area contributed by atoms with Crippen molar-refractivity contribution in [2.75, 3.05) is 30.0 Å². The van der Waals surface area contributed by atoms with Gasteiger partial charge in [-0.05, 0) is 81.0 Å². The Bertz CT molecular complexity index is 1180. The highest BCUT2D eigenvalue weighted by molar-refractivity contribution is 6.32. The van der Waals surface area contributed by atoms with Gasteiger partial charge >= 0.3 is 6.18 Å². The lowest BCUT2D eigenvalue weighted by atomic mass is 9.89. The maximum Gasteiger partial charge on any atom is 0.416 e. The van der Waals surface area contributed by atoms with E-state index in [1.165, 1.54) is 23.2 Å². The highest BCUT2D eigenvalue weighted by Crippen LogP contribution is 2.47. The number of rotatable bonds is 7. The van der Waals surface area contributed by atoms with Crippen molar-refractivity contribution < 1.29 is 17.9 Å². The topological polar surface area (TPSA) is 59.4 Å². The first-order valence-electron chi connectivity index (χ1n) is 13.3. The monoisotopic (exact) mass is 536 g/mol. The van der Waals surface area contributed by atoms with E-state index in [1.807, 2.05) is 0 Å². The van der Waals surface area contributed by atoms with Crippen LogP contribution in [0.5, 0.6) is 0 Å². The molecule has 4 fully saturated rings. The fourth-order valence-corrected chi connectivity index (χ4v) is 6.49. The minimum absolute atomic E-state index is 0.0390. The van der Waals surface area contributed by atoms with Gasteiger partial charge in [0.05, 0.1) is 30.1 Å². The highest BCUT2D eigenvalue weighted by atomic mass is 35.5. The first-order valence-corrected chi connectivity index (χ1v) is 13.7. The van der Waals surface area contributed by atoms with Crippen molar-refractivity contribution in [2.45, 2.75) is 69.2 Å². The molecule has 10 heteroatoms. The zero-order valence-electron chi connectivity index (χ0n) is 20.6. The summed E-state index contributed by atoms with van der Waals surface area (Å²) < 4.78 is 46.2. The van der Waals surface area contributed by atoms with Crippen LogP contribution in [0.4, 0.5) is 24.5 Å². The molecule has 3 aliphatic carbocycles. The molecule has 0 amide bonds. The maximum absolute atomic E-state index is 13.1. The summed E-state index contributed by atoms with van der Waals surface area (Å²) in [5, 5.41) is 7.96. The van der Waals surface area contributed by atoms with Gasteiger partial charge in [-0.2, -0.15) is 18.3 Å². The molecule has 6 rings (SSSR count). The van der Waals surface area contributed by atoms with Crippen molar-refractivity contribution in [3.8, 4) is 0 Å². The molecule has 6 nitrogen and oxygen atoms in total. The van der Waals surface area contributed by atoms with E-state index < -0.39 is 11.7 Å². The zero-order valence-corrected chi connectivity index (χ0v) is 21.3. The van der Waals surface area contributed by atoms with E-state index in [0.29, 0.717) is 29.5 Å². The van der Waals surface area contributed by atoms with Crippen LogP contribution in [0.3, 0.4) is 0 Å². The van der Waals surface area contributed by atoms with Crippen LogP contribution in [-0.4, -0.2) is 41.6 Å². The lowest BCUT2D eigenvalue weighted by Crippen LogP contribution is -2.41. The van der Waals surface area contributed by atoms with E-state index in [-0.39, 0.29) is 22.7 Å². The summed E-state index contributed by atoms with van der Waals surface area (Å²) in [6.07, 6.45) is 3.89. The summed E-state index contributed by atoms with van der Waals surface area (Å²) >= 11 is 6.48. The van der Waals surface area contributed by atoms with Crippen molar-refractivity contribution in [1.29, 1.82) is 0 Å². The van der Waals surface area contributed by atoms with Crippen LogP contribution in [-0.2, 0) is 10.9 Å². The Morgan fingerprint density at radius 1 is 1.05 bits per heavy atom. The Kier molecular flexibility index (Phi) is 6.63. The molecular formula is C27H32ClF3N4O2. The largest absolute Gasteiger partial charge is 0.416 e. The normalized spacial score (nSPS) is 29.5. The van der Waals surface area contributed by atoms with E-state index in [4.69, 9.17) is 16.3 Å². The van der Waals surface area contributed by atoms with E-state index in [1.54, 1.807) is 18.3 Å². The van der Waals surface area contributed by atoms with Crippen LogP contribution in [0.1, 0.15) is 56.6 Å². The summed E-state index contributed by atoms with van der Waals surface area (Å²) in [6.45, 7) is 2.33. The molecule has 0 bridgehead atoms. The van der Waals surface area contributed by atoms with Crippen LogP contribution >= 0.6 is 11.6 Å². The summed E-state index contributed by atoms with van der Waals surface area (Å²) in [4.78, 5) is 15.4. The number of benzene rings is 1. The van der Waals surface area contributed by atoms with Gasteiger partial charge in [-0.15, -0.1) is 0 Å². The Morgan fingerprint density at radius 3 is 2.38 bits per heavy atom. The quantitative estimate of drug-likeness (QED) is 0.487. The maximum atomic E-state index is 13.1. The molecule has 1 aliphatic heterocycles. The molecule has 4 aliphatic rings. The van der Waals surface area contributed by atoms with E-state index in [2.05, 4.69) is 15.3 Å². The van der Waals surface area contributed by atoms with E-state index in [0.717, 1.165) is 64.0 Å². The van der Waals surface area contributed by atoms with Crippen molar-refractivity contribution in [1.82, 2.24) is 9.78 Å². The highest BCUT2D eigenvalue weighted by Gasteiger charge is 2.46. The van der Waals surface area contributed by atoms with Gasteiger partial charge in [0.1, 0.15) is 5.02 Å². The van der Waals surface area contributed by atoms with E-state index in [9.17, 15) is 18.0 Å². The zero-order chi connectivity index (χ0) is 25.7. The minimum atomic E-state index is -4.34. The molecule has 1 saturated heterocycles. The van der Waals surface area contributed by atoms with Crippen LogP contribution in [0.15, 0.2) is 35.3 Å². The average molecular weight is 537 g/mol. The molecule has 2 unspecified atom stereocenters. The fraction of sp³-hybridized carbons (Fsp3) is 0.630. The number of hydrogen-bond donors (Lipinski definition) is 1. The van der Waals surface area contributed by atoms with Crippen molar-refractivity contribution in [3.63, 3.8) is 0 Å². The van der Waals surface area contributed by atoms with Crippen LogP contribution in [0.25, 0.3) is 0 Å². The minimum Gasteiger partial charge on any atom is -0.382 e. The Morgan fingerprint density at radius 2 is 1.73 bits per heavy atom. The third-order valence-corrected chi connectivity index (χ3v) is 8.95. The Balaban J connectivity index is 1.09. The lowest BCUT2D eigenvalue weighted by molar-refractivity contribution is -0.137. The van der Waals surface area contributed by atoms with Gasteiger partial charge in [-0.1, -0.05) is 11.6 Å². The molecule has 0 spiro atoms. The van der Waals surface area contributed by atoms with Crippen molar-refractivity contribution in [2.24, 2.45) is 17.8 Å². The van der Waals surface area contributed by atoms with Crippen LogP contribution in [0, 0.1) is 17.8 Å². The molecule has 1 N–H and O–H groups in total. The first-order chi connectivity index (χ1) is 17.8. The van der Waals surface area contributed by atoms with Crippen LogP contribution < -0.4 is 15.8 Å². The van der Waals surface area contributed by atoms with Crippen molar-refractivity contribution in [3.05, 3.63) is 51.4 Å². The average Bonchev–Trinajstić information content (AvgIpc) is 3.81. The van der Waals surface area contributed by atoms with Gasteiger partial charge in [0.25, 0.3) is 5.56 Å². The number of halogens is 4. The number of hydrogen-bond acceptors (Lipinski definition) is 5. The second-order valence-electron chi connectivity index (χ2n) is 11.1. The number of alkyl halides is 3. The molecule has 0 radical (unpaired) electrons. The standard InChI is InChI=1S/C27H32ClF3N4O2/c28-25-24(32-12-17-15-37-14-16-11-23(16)17)13-33-35(26(25)36)22-9-7-21(8-10-22)34(20-5-6-20)19-3-1-18(2-4-19)27(29,30)31/h1-4,13,16-17,20-23,32H,5-12,14-15H2/t16-,17?,21-,22-,23?/m0/s1. The summed E-state index contributed by atoms with van der Waals surface area (Å²) in [5.41, 5.74) is 0.510. The van der Waals surface area contributed by atoms with Gasteiger partial charge in [0.2, 0.25) is 0 Å². The number of nitrogens with one attached hydrogen (secondary N) is 1. The van der Waals surface area contributed by atoms with Crippen LogP contribution in [0.2, 0.25) is 5.02 Å². The summed E-state index contributed by atoms with van der Waals surface area (Å²) in [6, 6.07) is 6.09. The SMILES string of the molecule is O=c1c(Cl)c(NCC2COC[C@@H]3CC23)cnn1[C@H]1CC[C@H](N(c2ccc(C(F)(F)F)cc2)C2CC2)CC1. The van der Waals surface area contributed by atoms with Gasteiger partial charge in [0, 0.05) is 36.8 Å². The lowest BCUT2D eigenvalue weighted by Gasteiger charge is -2.39. The number of nitrogens with zero attached hydrogens (tertiary/aromatic N) is 3. The summed E-state index contributed by atoms with van der Waals surface area (Å²) in [5.74, 6) is 1.83. The molecule has 37 heavy (non-hydrogen) atoms. The Hall–Kier alpha value is -2.26. The van der Waals surface area contributed by atoms with Gasteiger partial charge in [0.15, 0.2) is 0 Å². The molecule has 3 saturated carbocycles.